The van der Waals surface area contributed by atoms with E-state index >= 15 is 0 Å². The lowest BCUT2D eigenvalue weighted by molar-refractivity contribution is 0.0910. The number of carbonyl (C=O) groups excluding carboxylic acids is 2. The Hall–Kier alpha value is -3.06. The summed E-state index contributed by atoms with van der Waals surface area (Å²) in [7, 11) is 0. The Morgan fingerprint density at radius 2 is 1.81 bits per heavy atom. The molecule has 2 heterocycles. The van der Waals surface area contributed by atoms with E-state index in [0.29, 0.717) is 16.3 Å². The first-order valence-electron chi connectivity index (χ1n) is 7.96. The van der Waals surface area contributed by atoms with Crippen LogP contribution in [0, 0.1) is 6.92 Å². The van der Waals surface area contributed by atoms with Crippen molar-refractivity contribution >= 4 is 23.4 Å². The third kappa shape index (κ3) is 3.94. The Kier molecular flexibility index (Phi) is 5.38. The second kappa shape index (κ2) is 7.88. The SMILES string of the molecule is Cc1c(C(=O)NCCNC(=O)c2ccco2)cnn1-c1ccc(Cl)cc1. The summed E-state index contributed by atoms with van der Waals surface area (Å²) < 4.78 is 6.66. The van der Waals surface area contributed by atoms with Gasteiger partial charge in [0, 0.05) is 18.1 Å². The summed E-state index contributed by atoms with van der Waals surface area (Å²) in [5.74, 6) is -0.345. The van der Waals surface area contributed by atoms with Crippen molar-refractivity contribution in [3.05, 3.63) is 70.9 Å². The Labute approximate surface area is 154 Å². The average Bonchev–Trinajstić information content (AvgIpc) is 3.29. The third-order valence-corrected chi connectivity index (χ3v) is 4.02. The van der Waals surface area contributed by atoms with Gasteiger partial charge in [-0.3, -0.25) is 9.59 Å². The molecule has 0 unspecified atom stereocenters. The maximum absolute atomic E-state index is 12.3. The third-order valence-electron chi connectivity index (χ3n) is 3.77. The first-order chi connectivity index (χ1) is 12.6. The van der Waals surface area contributed by atoms with Crippen molar-refractivity contribution in [1.29, 1.82) is 0 Å². The van der Waals surface area contributed by atoms with Crippen LogP contribution >= 0.6 is 11.6 Å². The van der Waals surface area contributed by atoms with Gasteiger partial charge >= 0.3 is 0 Å². The number of benzene rings is 1. The molecule has 0 atom stereocenters. The molecule has 3 aromatic rings. The molecule has 3 rings (SSSR count). The van der Waals surface area contributed by atoms with Gasteiger partial charge in [-0.2, -0.15) is 5.10 Å². The summed E-state index contributed by atoms with van der Waals surface area (Å²) in [4.78, 5) is 24.0. The van der Waals surface area contributed by atoms with Gasteiger partial charge in [0.2, 0.25) is 0 Å². The molecular weight excluding hydrogens is 356 g/mol. The predicted molar refractivity (Wildman–Crippen MR) is 96.7 cm³/mol. The molecule has 0 fully saturated rings. The highest BCUT2D eigenvalue weighted by molar-refractivity contribution is 6.30. The summed E-state index contributed by atoms with van der Waals surface area (Å²) in [6.45, 7) is 2.39. The summed E-state index contributed by atoms with van der Waals surface area (Å²) in [6, 6.07) is 10.4. The second-order valence-corrected chi connectivity index (χ2v) is 5.96. The van der Waals surface area contributed by atoms with Gasteiger partial charge in [0.15, 0.2) is 5.76 Å². The van der Waals surface area contributed by atoms with Crippen LogP contribution in [-0.2, 0) is 0 Å². The number of rotatable bonds is 6. The zero-order valence-corrected chi connectivity index (χ0v) is 14.8. The molecule has 0 saturated carbocycles. The van der Waals surface area contributed by atoms with Crippen LogP contribution < -0.4 is 10.6 Å². The highest BCUT2D eigenvalue weighted by atomic mass is 35.5. The average molecular weight is 373 g/mol. The van der Waals surface area contributed by atoms with Gasteiger partial charge in [0.1, 0.15) is 0 Å². The van der Waals surface area contributed by atoms with Crippen molar-refractivity contribution < 1.29 is 14.0 Å². The Balaban J connectivity index is 1.55. The van der Waals surface area contributed by atoms with Crippen molar-refractivity contribution in [2.75, 3.05) is 13.1 Å². The fraction of sp³-hybridized carbons (Fsp3) is 0.167. The lowest BCUT2D eigenvalue weighted by Crippen LogP contribution is -2.34. The predicted octanol–water partition coefficient (Wildman–Crippen LogP) is 2.59. The zero-order valence-electron chi connectivity index (χ0n) is 14.0. The topological polar surface area (TPSA) is 89.2 Å². The van der Waals surface area contributed by atoms with Crippen LogP contribution in [0.4, 0.5) is 0 Å². The molecule has 0 saturated heterocycles. The van der Waals surface area contributed by atoms with E-state index in [2.05, 4.69) is 15.7 Å². The number of carbonyl (C=O) groups is 2. The molecule has 2 N–H and O–H groups in total. The molecule has 0 aliphatic carbocycles. The van der Waals surface area contributed by atoms with Crippen molar-refractivity contribution in [3.8, 4) is 5.69 Å². The van der Waals surface area contributed by atoms with Gasteiger partial charge in [0.05, 0.1) is 29.4 Å². The molecule has 0 aliphatic rings. The Bertz CT molecular complexity index is 901. The molecule has 134 valence electrons. The molecule has 0 aliphatic heterocycles. The molecular formula is C18H17ClN4O3. The van der Waals surface area contributed by atoms with Crippen LogP contribution in [0.5, 0.6) is 0 Å². The minimum absolute atomic E-state index is 0.233. The normalized spacial score (nSPS) is 10.5. The maximum Gasteiger partial charge on any atom is 0.287 e. The second-order valence-electron chi connectivity index (χ2n) is 5.52. The lowest BCUT2D eigenvalue weighted by atomic mass is 10.2. The van der Waals surface area contributed by atoms with Crippen LogP contribution in [0.3, 0.4) is 0 Å². The van der Waals surface area contributed by atoms with E-state index in [1.165, 1.54) is 12.5 Å². The number of amides is 2. The van der Waals surface area contributed by atoms with Crippen LogP contribution in [0.1, 0.15) is 26.6 Å². The summed E-state index contributed by atoms with van der Waals surface area (Å²) in [5.41, 5.74) is 2.00. The van der Waals surface area contributed by atoms with E-state index in [0.717, 1.165) is 5.69 Å². The number of furan rings is 1. The lowest BCUT2D eigenvalue weighted by Gasteiger charge is -2.07. The Morgan fingerprint density at radius 1 is 1.12 bits per heavy atom. The molecule has 0 bridgehead atoms. The highest BCUT2D eigenvalue weighted by Gasteiger charge is 2.15. The van der Waals surface area contributed by atoms with Gasteiger partial charge in [-0.15, -0.1) is 0 Å². The number of halogens is 1. The minimum Gasteiger partial charge on any atom is -0.459 e. The number of nitrogens with zero attached hydrogens (tertiary/aromatic N) is 2. The van der Waals surface area contributed by atoms with Gasteiger partial charge < -0.3 is 15.1 Å². The number of hydrogen-bond acceptors (Lipinski definition) is 4. The van der Waals surface area contributed by atoms with Gasteiger partial charge in [-0.25, -0.2) is 4.68 Å². The van der Waals surface area contributed by atoms with Gasteiger partial charge in [0.25, 0.3) is 11.8 Å². The number of nitrogens with one attached hydrogen (secondary N) is 2. The summed E-state index contributed by atoms with van der Waals surface area (Å²) >= 11 is 5.89. The van der Waals surface area contributed by atoms with Crippen molar-refractivity contribution in [2.45, 2.75) is 6.92 Å². The summed E-state index contributed by atoms with van der Waals surface area (Å²) in [6.07, 6.45) is 2.94. The summed E-state index contributed by atoms with van der Waals surface area (Å²) in [5, 5.41) is 10.3. The molecule has 1 aromatic carbocycles. The number of hydrogen-bond donors (Lipinski definition) is 2. The van der Waals surface area contributed by atoms with Crippen LogP contribution in [0.2, 0.25) is 5.02 Å². The van der Waals surface area contributed by atoms with Crippen LogP contribution in [-0.4, -0.2) is 34.7 Å². The van der Waals surface area contributed by atoms with Crippen molar-refractivity contribution in [2.24, 2.45) is 0 Å². The Morgan fingerprint density at radius 3 is 2.46 bits per heavy atom. The molecule has 7 nitrogen and oxygen atoms in total. The van der Waals surface area contributed by atoms with Gasteiger partial charge in [-0.05, 0) is 43.3 Å². The smallest absolute Gasteiger partial charge is 0.287 e. The molecule has 2 amide bonds. The monoisotopic (exact) mass is 372 g/mol. The van der Waals surface area contributed by atoms with E-state index in [-0.39, 0.29) is 30.7 Å². The van der Waals surface area contributed by atoms with Gasteiger partial charge in [-0.1, -0.05) is 11.6 Å². The van der Waals surface area contributed by atoms with E-state index < -0.39 is 0 Å². The van der Waals surface area contributed by atoms with Crippen molar-refractivity contribution in [1.82, 2.24) is 20.4 Å². The minimum atomic E-state index is -0.323. The standard InChI is InChI=1S/C18H17ClN4O3/c1-12-15(11-22-23(12)14-6-4-13(19)5-7-14)17(24)20-8-9-21-18(25)16-3-2-10-26-16/h2-7,10-11H,8-9H2,1H3,(H,20,24)(H,21,25). The highest BCUT2D eigenvalue weighted by Crippen LogP contribution is 2.16. The first-order valence-corrected chi connectivity index (χ1v) is 8.34. The molecule has 0 radical (unpaired) electrons. The quantitative estimate of drug-likeness (QED) is 0.651. The fourth-order valence-electron chi connectivity index (χ4n) is 2.42. The van der Waals surface area contributed by atoms with Crippen LogP contribution in [0.25, 0.3) is 5.69 Å². The molecule has 0 spiro atoms. The fourth-order valence-corrected chi connectivity index (χ4v) is 2.54. The maximum atomic E-state index is 12.3. The molecule has 26 heavy (non-hydrogen) atoms. The van der Waals surface area contributed by atoms with E-state index in [9.17, 15) is 9.59 Å². The molecule has 8 heteroatoms. The van der Waals surface area contributed by atoms with E-state index in [4.69, 9.17) is 16.0 Å². The first kappa shape index (κ1) is 17.8. The number of aromatic nitrogens is 2. The molecule has 2 aromatic heterocycles. The van der Waals surface area contributed by atoms with Crippen LogP contribution in [0.15, 0.2) is 53.3 Å². The van der Waals surface area contributed by atoms with E-state index in [1.54, 1.807) is 28.9 Å². The zero-order chi connectivity index (χ0) is 18.5. The van der Waals surface area contributed by atoms with Crippen molar-refractivity contribution in [3.63, 3.8) is 0 Å². The largest absolute Gasteiger partial charge is 0.459 e. The van der Waals surface area contributed by atoms with E-state index in [1.807, 2.05) is 19.1 Å².